The third-order valence-corrected chi connectivity index (χ3v) is 3.75. The van der Waals surface area contributed by atoms with Crippen LogP contribution in [0.4, 0.5) is 0 Å². The molecule has 0 spiro atoms. The van der Waals surface area contributed by atoms with Crippen LogP contribution in [0.5, 0.6) is 11.5 Å². The maximum atomic E-state index is 12.5. The van der Waals surface area contributed by atoms with Crippen molar-refractivity contribution in [2.24, 2.45) is 5.92 Å². The molecule has 0 aromatic heterocycles. The zero-order valence-electron chi connectivity index (χ0n) is 11.4. The second-order valence-electron chi connectivity index (χ2n) is 5.52. The molecule has 1 heterocycles. The molecule has 1 aliphatic carbocycles. The normalized spacial score (nSPS) is 21.4. The SMILES string of the molecule is CN(C)C[C@H]1CCc2cc3c(cc2C1=O)OCCO3. The number of benzene rings is 1. The van der Waals surface area contributed by atoms with Gasteiger partial charge in [0.05, 0.1) is 0 Å². The van der Waals surface area contributed by atoms with Gasteiger partial charge < -0.3 is 14.4 Å². The number of fused-ring (bicyclic) bond motifs is 2. The van der Waals surface area contributed by atoms with Crippen LogP contribution < -0.4 is 9.47 Å². The average molecular weight is 261 g/mol. The summed E-state index contributed by atoms with van der Waals surface area (Å²) in [6.45, 7) is 1.96. The standard InChI is InChI=1S/C15H19NO3/c1-16(2)9-11-4-3-10-7-13-14(19-6-5-18-13)8-12(10)15(11)17/h7-8,11H,3-6,9H2,1-2H3/t11-/m1/s1. The number of rotatable bonds is 2. The van der Waals surface area contributed by atoms with Crippen molar-refractivity contribution >= 4 is 5.78 Å². The lowest BCUT2D eigenvalue weighted by Gasteiger charge is -2.28. The Morgan fingerprint density at radius 3 is 2.58 bits per heavy atom. The highest BCUT2D eigenvalue weighted by molar-refractivity contribution is 6.01. The Labute approximate surface area is 113 Å². The summed E-state index contributed by atoms with van der Waals surface area (Å²) in [4.78, 5) is 14.6. The molecule has 102 valence electrons. The molecule has 0 unspecified atom stereocenters. The molecule has 0 radical (unpaired) electrons. The van der Waals surface area contributed by atoms with E-state index in [0.717, 1.165) is 36.3 Å². The first-order valence-electron chi connectivity index (χ1n) is 6.76. The Morgan fingerprint density at radius 1 is 1.21 bits per heavy atom. The summed E-state index contributed by atoms with van der Waals surface area (Å²) in [5, 5.41) is 0. The highest BCUT2D eigenvalue weighted by Gasteiger charge is 2.29. The van der Waals surface area contributed by atoms with E-state index in [0.29, 0.717) is 19.0 Å². The van der Waals surface area contributed by atoms with Gasteiger partial charge in [0.2, 0.25) is 0 Å². The van der Waals surface area contributed by atoms with Gasteiger partial charge in [0.15, 0.2) is 17.3 Å². The van der Waals surface area contributed by atoms with Crippen molar-refractivity contribution in [3.63, 3.8) is 0 Å². The van der Waals surface area contributed by atoms with Crippen molar-refractivity contribution < 1.29 is 14.3 Å². The van der Waals surface area contributed by atoms with Crippen molar-refractivity contribution in [3.8, 4) is 11.5 Å². The van der Waals surface area contributed by atoms with Crippen LogP contribution in [0.2, 0.25) is 0 Å². The van der Waals surface area contributed by atoms with Crippen LogP contribution in [0.3, 0.4) is 0 Å². The van der Waals surface area contributed by atoms with E-state index in [2.05, 4.69) is 4.90 Å². The summed E-state index contributed by atoms with van der Waals surface area (Å²) in [6, 6.07) is 3.85. The van der Waals surface area contributed by atoms with Gasteiger partial charge in [-0.05, 0) is 44.6 Å². The molecule has 0 saturated carbocycles. The quantitative estimate of drug-likeness (QED) is 0.813. The molecule has 4 heteroatoms. The molecule has 4 nitrogen and oxygen atoms in total. The van der Waals surface area contributed by atoms with E-state index >= 15 is 0 Å². The molecule has 3 rings (SSSR count). The predicted octanol–water partition coefficient (Wildman–Crippen LogP) is 1.76. The first-order valence-corrected chi connectivity index (χ1v) is 6.76. The molecule has 0 amide bonds. The smallest absolute Gasteiger partial charge is 0.167 e. The van der Waals surface area contributed by atoms with Gasteiger partial charge in [-0.3, -0.25) is 4.79 Å². The van der Waals surface area contributed by atoms with E-state index in [-0.39, 0.29) is 11.7 Å². The number of nitrogens with zero attached hydrogens (tertiary/aromatic N) is 1. The zero-order valence-corrected chi connectivity index (χ0v) is 11.4. The topological polar surface area (TPSA) is 38.8 Å². The molecule has 0 bridgehead atoms. The number of ether oxygens (including phenoxy) is 2. The molecule has 0 N–H and O–H groups in total. The van der Waals surface area contributed by atoms with Crippen LogP contribution >= 0.6 is 0 Å². The molecular formula is C15H19NO3. The first kappa shape index (κ1) is 12.5. The van der Waals surface area contributed by atoms with Crippen LogP contribution in [0.1, 0.15) is 22.3 Å². The molecule has 1 aromatic carbocycles. The van der Waals surface area contributed by atoms with Crippen LogP contribution in [-0.4, -0.2) is 44.5 Å². The molecule has 1 aliphatic heterocycles. The number of hydrogen-bond donors (Lipinski definition) is 0. The average Bonchev–Trinajstić information content (AvgIpc) is 2.40. The van der Waals surface area contributed by atoms with E-state index in [4.69, 9.17) is 9.47 Å². The van der Waals surface area contributed by atoms with Crippen molar-refractivity contribution in [2.45, 2.75) is 12.8 Å². The van der Waals surface area contributed by atoms with Gasteiger partial charge in [-0.25, -0.2) is 0 Å². The lowest BCUT2D eigenvalue weighted by atomic mass is 9.82. The Morgan fingerprint density at radius 2 is 1.89 bits per heavy atom. The van der Waals surface area contributed by atoms with Gasteiger partial charge >= 0.3 is 0 Å². The van der Waals surface area contributed by atoms with Crippen LogP contribution in [0, 0.1) is 5.92 Å². The van der Waals surface area contributed by atoms with Crippen molar-refractivity contribution in [1.82, 2.24) is 4.90 Å². The molecule has 1 atom stereocenters. The minimum Gasteiger partial charge on any atom is -0.486 e. The molecule has 0 saturated heterocycles. The number of carbonyl (C=O) groups excluding carboxylic acids is 1. The van der Waals surface area contributed by atoms with Crippen molar-refractivity contribution in [3.05, 3.63) is 23.3 Å². The van der Waals surface area contributed by atoms with Gasteiger partial charge in [0.25, 0.3) is 0 Å². The summed E-state index contributed by atoms with van der Waals surface area (Å²) in [6.07, 6.45) is 1.86. The zero-order chi connectivity index (χ0) is 13.4. The largest absolute Gasteiger partial charge is 0.486 e. The number of hydrogen-bond acceptors (Lipinski definition) is 4. The predicted molar refractivity (Wildman–Crippen MR) is 72.1 cm³/mol. The summed E-state index contributed by atoms with van der Waals surface area (Å²) in [5.41, 5.74) is 1.92. The molecule has 19 heavy (non-hydrogen) atoms. The Kier molecular flexibility index (Phi) is 3.19. The van der Waals surface area contributed by atoms with Crippen molar-refractivity contribution in [1.29, 1.82) is 0 Å². The number of aryl methyl sites for hydroxylation is 1. The second-order valence-corrected chi connectivity index (χ2v) is 5.52. The summed E-state index contributed by atoms with van der Waals surface area (Å²) in [5.74, 6) is 1.84. The summed E-state index contributed by atoms with van der Waals surface area (Å²) >= 11 is 0. The molecule has 2 aliphatic rings. The van der Waals surface area contributed by atoms with E-state index < -0.39 is 0 Å². The van der Waals surface area contributed by atoms with Gasteiger partial charge in [-0.15, -0.1) is 0 Å². The van der Waals surface area contributed by atoms with Gasteiger partial charge in [-0.1, -0.05) is 0 Å². The van der Waals surface area contributed by atoms with E-state index in [9.17, 15) is 4.79 Å². The van der Waals surface area contributed by atoms with Gasteiger partial charge in [0, 0.05) is 18.0 Å². The van der Waals surface area contributed by atoms with Crippen molar-refractivity contribution in [2.75, 3.05) is 33.9 Å². The minimum atomic E-state index is 0.102. The van der Waals surface area contributed by atoms with Gasteiger partial charge in [-0.2, -0.15) is 0 Å². The number of carbonyl (C=O) groups is 1. The Balaban J connectivity index is 1.92. The van der Waals surface area contributed by atoms with Gasteiger partial charge in [0.1, 0.15) is 13.2 Å². The molecular weight excluding hydrogens is 242 g/mol. The van der Waals surface area contributed by atoms with E-state index in [1.165, 1.54) is 0 Å². The lowest BCUT2D eigenvalue weighted by molar-refractivity contribution is 0.0875. The Hall–Kier alpha value is -1.55. The van der Waals surface area contributed by atoms with Crippen LogP contribution in [0.15, 0.2) is 12.1 Å². The maximum Gasteiger partial charge on any atom is 0.167 e. The van der Waals surface area contributed by atoms with E-state index in [1.807, 2.05) is 26.2 Å². The maximum absolute atomic E-state index is 12.5. The summed E-state index contributed by atoms with van der Waals surface area (Å²) < 4.78 is 11.1. The highest BCUT2D eigenvalue weighted by Crippen LogP contribution is 2.37. The van der Waals surface area contributed by atoms with Crippen LogP contribution in [0.25, 0.3) is 0 Å². The highest BCUT2D eigenvalue weighted by atomic mass is 16.6. The van der Waals surface area contributed by atoms with E-state index in [1.54, 1.807) is 0 Å². The first-order chi connectivity index (χ1) is 9.15. The third kappa shape index (κ3) is 2.32. The fraction of sp³-hybridized carbons (Fsp3) is 0.533. The Bertz CT molecular complexity index is 510. The lowest BCUT2D eigenvalue weighted by Crippen LogP contribution is -2.32. The fourth-order valence-corrected chi connectivity index (χ4v) is 2.86. The van der Waals surface area contributed by atoms with Crippen LogP contribution in [-0.2, 0) is 6.42 Å². The number of Topliss-reactive ketones (excluding diaryl/α,β-unsaturated/α-hetero) is 1. The monoisotopic (exact) mass is 261 g/mol. The third-order valence-electron chi connectivity index (χ3n) is 3.75. The fourth-order valence-electron chi connectivity index (χ4n) is 2.86. The molecule has 0 fully saturated rings. The molecule has 1 aromatic rings. The second kappa shape index (κ2) is 4.85. The summed E-state index contributed by atoms with van der Waals surface area (Å²) in [7, 11) is 4.01. The number of ketones is 1. The minimum absolute atomic E-state index is 0.102.